The Morgan fingerprint density at radius 3 is 2.85 bits per heavy atom. The second kappa shape index (κ2) is 4.40. The van der Waals surface area contributed by atoms with Gasteiger partial charge in [-0.1, -0.05) is 6.08 Å². The molecule has 3 nitrogen and oxygen atoms in total. The Labute approximate surface area is 77.5 Å². The summed E-state index contributed by atoms with van der Waals surface area (Å²) >= 11 is 0. The van der Waals surface area contributed by atoms with Crippen LogP contribution in [0.2, 0.25) is 0 Å². The molecule has 0 spiro atoms. The molecule has 0 fully saturated rings. The van der Waals surface area contributed by atoms with E-state index in [9.17, 15) is 4.79 Å². The van der Waals surface area contributed by atoms with E-state index in [1.165, 1.54) is 6.08 Å². The van der Waals surface area contributed by atoms with Gasteiger partial charge in [-0.2, -0.15) is 0 Å². The average molecular weight is 176 g/mol. The number of hydrogen-bond donors (Lipinski definition) is 1. The van der Waals surface area contributed by atoms with Crippen molar-refractivity contribution in [2.75, 3.05) is 5.32 Å². The normalized spacial score (nSPS) is 10.3. The first-order chi connectivity index (χ1) is 6.22. The Kier molecular flexibility index (Phi) is 3.20. The second-order valence-electron chi connectivity index (χ2n) is 2.68. The van der Waals surface area contributed by atoms with Gasteiger partial charge in [0.1, 0.15) is 0 Å². The van der Waals surface area contributed by atoms with Gasteiger partial charge in [0.25, 0.3) is 0 Å². The van der Waals surface area contributed by atoms with Gasteiger partial charge < -0.3 is 5.32 Å². The number of anilines is 1. The fourth-order valence-corrected chi connectivity index (χ4v) is 0.877. The summed E-state index contributed by atoms with van der Waals surface area (Å²) in [4.78, 5) is 15.1. The standard InChI is InChI=1S/C10H12N2O/c1-3-4-10(13)12-9-6-5-8(2)11-7-9/h3-7H,1-2H3,(H,12,13)/b4-3+. The molecule has 0 saturated heterocycles. The van der Waals surface area contributed by atoms with Crippen molar-refractivity contribution in [1.29, 1.82) is 0 Å². The zero-order chi connectivity index (χ0) is 9.68. The molecular formula is C10H12N2O. The highest BCUT2D eigenvalue weighted by atomic mass is 16.1. The monoisotopic (exact) mass is 176 g/mol. The van der Waals surface area contributed by atoms with Crippen molar-refractivity contribution in [3.05, 3.63) is 36.2 Å². The van der Waals surface area contributed by atoms with Crippen molar-refractivity contribution in [2.45, 2.75) is 13.8 Å². The Hall–Kier alpha value is -1.64. The largest absolute Gasteiger partial charge is 0.321 e. The topological polar surface area (TPSA) is 42.0 Å². The van der Waals surface area contributed by atoms with Crippen LogP contribution in [0.5, 0.6) is 0 Å². The Bertz CT molecular complexity index is 314. The summed E-state index contributed by atoms with van der Waals surface area (Å²) in [5, 5.41) is 2.68. The van der Waals surface area contributed by atoms with E-state index in [4.69, 9.17) is 0 Å². The quantitative estimate of drug-likeness (QED) is 0.699. The lowest BCUT2D eigenvalue weighted by Gasteiger charge is -2.00. The van der Waals surface area contributed by atoms with E-state index in [0.717, 1.165) is 5.69 Å². The van der Waals surface area contributed by atoms with Crippen molar-refractivity contribution in [2.24, 2.45) is 0 Å². The van der Waals surface area contributed by atoms with Crippen LogP contribution >= 0.6 is 0 Å². The van der Waals surface area contributed by atoms with Crippen molar-refractivity contribution in [1.82, 2.24) is 4.98 Å². The van der Waals surface area contributed by atoms with Crippen LogP contribution in [0.15, 0.2) is 30.5 Å². The number of allylic oxidation sites excluding steroid dienone is 1. The van der Waals surface area contributed by atoms with Crippen molar-refractivity contribution < 1.29 is 4.79 Å². The molecule has 1 amide bonds. The lowest BCUT2D eigenvalue weighted by Crippen LogP contribution is -2.07. The van der Waals surface area contributed by atoms with Crippen LogP contribution in [0.1, 0.15) is 12.6 Å². The molecule has 0 saturated carbocycles. The summed E-state index contributed by atoms with van der Waals surface area (Å²) in [6, 6.07) is 3.68. The first-order valence-electron chi connectivity index (χ1n) is 4.08. The minimum absolute atomic E-state index is 0.131. The maximum Gasteiger partial charge on any atom is 0.248 e. The van der Waals surface area contributed by atoms with Crippen LogP contribution in [0, 0.1) is 6.92 Å². The van der Waals surface area contributed by atoms with Gasteiger partial charge in [-0.3, -0.25) is 9.78 Å². The molecule has 0 unspecified atom stereocenters. The zero-order valence-electron chi connectivity index (χ0n) is 7.74. The van der Waals surface area contributed by atoms with Crippen molar-refractivity contribution in [3.63, 3.8) is 0 Å². The summed E-state index contributed by atoms with van der Waals surface area (Å²) in [6.45, 7) is 3.70. The van der Waals surface area contributed by atoms with E-state index in [1.807, 2.05) is 19.1 Å². The molecule has 0 bridgehead atoms. The third kappa shape index (κ3) is 3.07. The van der Waals surface area contributed by atoms with Gasteiger partial charge >= 0.3 is 0 Å². The van der Waals surface area contributed by atoms with E-state index in [2.05, 4.69) is 10.3 Å². The number of carbonyl (C=O) groups is 1. The van der Waals surface area contributed by atoms with E-state index >= 15 is 0 Å². The number of hydrogen-bond acceptors (Lipinski definition) is 2. The minimum Gasteiger partial charge on any atom is -0.321 e. The molecule has 0 atom stereocenters. The molecule has 0 radical (unpaired) electrons. The van der Waals surface area contributed by atoms with Gasteiger partial charge in [-0.15, -0.1) is 0 Å². The number of amides is 1. The first-order valence-corrected chi connectivity index (χ1v) is 4.08. The Balaban J connectivity index is 2.64. The molecule has 1 N–H and O–H groups in total. The van der Waals surface area contributed by atoms with Gasteiger partial charge in [0.15, 0.2) is 0 Å². The Morgan fingerprint density at radius 1 is 1.54 bits per heavy atom. The molecule has 1 aromatic heterocycles. The summed E-state index contributed by atoms with van der Waals surface area (Å²) in [5.74, 6) is -0.131. The maximum absolute atomic E-state index is 11.1. The molecule has 1 aromatic rings. The highest BCUT2D eigenvalue weighted by molar-refractivity contribution is 5.99. The first kappa shape index (κ1) is 9.45. The number of aryl methyl sites for hydroxylation is 1. The van der Waals surface area contributed by atoms with E-state index in [-0.39, 0.29) is 5.91 Å². The molecular weight excluding hydrogens is 164 g/mol. The highest BCUT2D eigenvalue weighted by Crippen LogP contribution is 2.04. The van der Waals surface area contributed by atoms with Crippen LogP contribution in [0.4, 0.5) is 5.69 Å². The van der Waals surface area contributed by atoms with Crippen molar-refractivity contribution >= 4 is 11.6 Å². The number of nitrogens with zero attached hydrogens (tertiary/aromatic N) is 1. The highest BCUT2D eigenvalue weighted by Gasteiger charge is 1.96. The smallest absolute Gasteiger partial charge is 0.248 e. The van der Waals surface area contributed by atoms with Crippen LogP contribution in [0.25, 0.3) is 0 Å². The average Bonchev–Trinajstić information content (AvgIpc) is 2.09. The second-order valence-corrected chi connectivity index (χ2v) is 2.68. The lowest BCUT2D eigenvalue weighted by molar-refractivity contribution is -0.111. The number of nitrogens with one attached hydrogen (secondary N) is 1. The van der Waals surface area contributed by atoms with Crippen LogP contribution in [-0.2, 0) is 4.79 Å². The predicted molar refractivity (Wildman–Crippen MR) is 52.4 cm³/mol. The van der Waals surface area contributed by atoms with Crippen LogP contribution < -0.4 is 5.32 Å². The maximum atomic E-state index is 11.1. The minimum atomic E-state index is -0.131. The molecule has 0 aliphatic carbocycles. The lowest BCUT2D eigenvalue weighted by atomic mass is 10.3. The van der Waals surface area contributed by atoms with Gasteiger partial charge in [0.2, 0.25) is 5.91 Å². The van der Waals surface area contributed by atoms with Crippen LogP contribution in [0.3, 0.4) is 0 Å². The predicted octanol–water partition coefficient (Wildman–Crippen LogP) is 1.90. The van der Waals surface area contributed by atoms with Gasteiger partial charge in [-0.25, -0.2) is 0 Å². The fourth-order valence-electron chi connectivity index (χ4n) is 0.877. The van der Waals surface area contributed by atoms with Gasteiger partial charge in [0.05, 0.1) is 11.9 Å². The Morgan fingerprint density at radius 2 is 2.31 bits per heavy atom. The van der Waals surface area contributed by atoms with E-state index < -0.39 is 0 Å². The summed E-state index contributed by atoms with van der Waals surface area (Å²) in [5.41, 5.74) is 1.65. The number of pyridine rings is 1. The number of rotatable bonds is 2. The zero-order valence-corrected chi connectivity index (χ0v) is 7.74. The van der Waals surface area contributed by atoms with Gasteiger partial charge in [0, 0.05) is 5.69 Å². The fraction of sp³-hybridized carbons (Fsp3) is 0.200. The van der Waals surface area contributed by atoms with E-state index in [0.29, 0.717) is 5.69 Å². The molecule has 68 valence electrons. The molecule has 1 rings (SSSR count). The third-order valence-electron chi connectivity index (χ3n) is 1.50. The van der Waals surface area contributed by atoms with Crippen LogP contribution in [-0.4, -0.2) is 10.9 Å². The van der Waals surface area contributed by atoms with Crippen molar-refractivity contribution in [3.8, 4) is 0 Å². The summed E-state index contributed by atoms with van der Waals surface area (Å²) in [7, 11) is 0. The van der Waals surface area contributed by atoms with E-state index in [1.54, 1.807) is 19.2 Å². The molecule has 13 heavy (non-hydrogen) atoms. The summed E-state index contributed by atoms with van der Waals surface area (Å²) in [6.07, 6.45) is 4.80. The number of aromatic nitrogens is 1. The van der Waals surface area contributed by atoms with Gasteiger partial charge in [-0.05, 0) is 32.1 Å². The summed E-state index contributed by atoms with van der Waals surface area (Å²) < 4.78 is 0. The third-order valence-corrected chi connectivity index (χ3v) is 1.50. The molecule has 3 heteroatoms. The molecule has 0 aliphatic heterocycles. The molecule has 1 heterocycles. The number of carbonyl (C=O) groups excluding carboxylic acids is 1. The SMILES string of the molecule is C/C=C/C(=O)Nc1ccc(C)nc1. The molecule has 0 aromatic carbocycles. The molecule has 0 aliphatic rings.